The van der Waals surface area contributed by atoms with Crippen LogP contribution in [0.15, 0.2) is 126 Å². The zero-order chi connectivity index (χ0) is 24.5. The summed E-state index contributed by atoms with van der Waals surface area (Å²) in [6.45, 7) is 0. The van der Waals surface area contributed by atoms with Gasteiger partial charge in [-0.3, -0.25) is 4.99 Å². The summed E-state index contributed by atoms with van der Waals surface area (Å²) in [5.74, 6) is 0.246. The van der Waals surface area contributed by atoms with Gasteiger partial charge in [0.2, 0.25) is 0 Å². The molecule has 2 N–H and O–H groups in total. The molecule has 0 heterocycles. The Morgan fingerprint density at radius 3 is 1.97 bits per heavy atom. The molecule has 0 saturated heterocycles. The van der Waals surface area contributed by atoms with Crippen LogP contribution in [0.2, 0.25) is 0 Å². The average Bonchev–Trinajstić information content (AvgIpc) is 2.93. The third-order valence-electron chi connectivity index (χ3n) is 6.54. The lowest BCUT2D eigenvalue weighted by molar-refractivity contribution is 0.476. The van der Waals surface area contributed by atoms with Crippen LogP contribution in [0.3, 0.4) is 0 Å². The zero-order valence-electron chi connectivity index (χ0n) is 19.5. The van der Waals surface area contributed by atoms with Crippen LogP contribution in [0.4, 0.5) is 5.69 Å². The molecule has 3 nitrogen and oxygen atoms in total. The first-order valence-corrected chi connectivity index (χ1v) is 11.8. The Kier molecular flexibility index (Phi) is 5.44. The maximum absolute atomic E-state index is 11.8. The molecule has 0 aliphatic carbocycles. The lowest BCUT2D eigenvalue weighted by Crippen LogP contribution is -1.93. The van der Waals surface area contributed by atoms with E-state index in [1.807, 2.05) is 66.7 Å². The number of phenols is 2. The lowest BCUT2D eigenvalue weighted by atomic mass is 9.86. The van der Waals surface area contributed by atoms with Crippen LogP contribution in [0.25, 0.3) is 43.8 Å². The SMILES string of the molecule is Oc1ccccc1/N=C/c1cc2ccccc2c(-c2c(-c3ccccc3)ccc3ccccc23)c1O. The molecule has 0 radical (unpaired) electrons. The molecule has 6 aromatic rings. The molecule has 6 rings (SSSR count). The van der Waals surface area contributed by atoms with E-state index in [2.05, 4.69) is 41.4 Å². The van der Waals surface area contributed by atoms with Crippen molar-refractivity contribution in [3.63, 3.8) is 0 Å². The van der Waals surface area contributed by atoms with E-state index in [0.717, 1.165) is 43.8 Å². The Morgan fingerprint density at radius 1 is 0.556 bits per heavy atom. The van der Waals surface area contributed by atoms with Crippen molar-refractivity contribution in [2.24, 2.45) is 4.99 Å². The summed E-state index contributed by atoms with van der Waals surface area (Å²) >= 11 is 0. The zero-order valence-corrected chi connectivity index (χ0v) is 19.5. The standard InChI is InChI=1S/C33H23NO2/c35-30-17-9-8-16-29(30)34-21-25-20-24-13-5-7-15-27(24)32(33(25)36)31-26-14-6-4-12-23(26)18-19-28(31)22-10-2-1-3-11-22/h1-21,35-36H/b34-21+. The van der Waals surface area contributed by atoms with Crippen LogP contribution >= 0.6 is 0 Å². The van der Waals surface area contributed by atoms with Crippen molar-refractivity contribution in [1.82, 2.24) is 0 Å². The monoisotopic (exact) mass is 465 g/mol. The Balaban J connectivity index is 1.69. The van der Waals surface area contributed by atoms with Gasteiger partial charge in [-0.15, -0.1) is 0 Å². The van der Waals surface area contributed by atoms with Gasteiger partial charge in [-0.2, -0.15) is 0 Å². The van der Waals surface area contributed by atoms with E-state index < -0.39 is 0 Å². The van der Waals surface area contributed by atoms with Crippen molar-refractivity contribution in [3.05, 3.63) is 127 Å². The summed E-state index contributed by atoms with van der Waals surface area (Å²) in [5, 5.41) is 26.1. The number of fused-ring (bicyclic) bond motifs is 2. The van der Waals surface area contributed by atoms with Crippen LogP contribution in [0.5, 0.6) is 11.5 Å². The number of phenolic OH excluding ortho intramolecular Hbond substituents is 2. The van der Waals surface area contributed by atoms with Crippen molar-refractivity contribution in [2.45, 2.75) is 0 Å². The van der Waals surface area contributed by atoms with Crippen LogP contribution in [0.1, 0.15) is 5.56 Å². The predicted molar refractivity (Wildman–Crippen MR) is 149 cm³/mol. The number of nitrogens with zero attached hydrogens (tertiary/aromatic N) is 1. The topological polar surface area (TPSA) is 52.8 Å². The average molecular weight is 466 g/mol. The van der Waals surface area contributed by atoms with Crippen molar-refractivity contribution in [1.29, 1.82) is 0 Å². The molecule has 172 valence electrons. The van der Waals surface area contributed by atoms with Crippen molar-refractivity contribution in [3.8, 4) is 33.8 Å². The number of benzene rings is 6. The summed E-state index contributed by atoms with van der Waals surface area (Å²) in [6, 6.07) is 39.7. The van der Waals surface area contributed by atoms with Gasteiger partial charge in [-0.25, -0.2) is 0 Å². The molecule has 0 aliphatic rings. The smallest absolute Gasteiger partial charge is 0.141 e. The molecule has 0 aliphatic heterocycles. The number of hydrogen-bond acceptors (Lipinski definition) is 3. The molecule has 0 fully saturated rings. The van der Waals surface area contributed by atoms with Crippen molar-refractivity contribution in [2.75, 3.05) is 0 Å². The van der Waals surface area contributed by atoms with Gasteiger partial charge >= 0.3 is 0 Å². The minimum Gasteiger partial charge on any atom is -0.507 e. The quantitative estimate of drug-likeness (QED) is 0.256. The van der Waals surface area contributed by atoms with Gasteiger partial charge < -0.3 is 10.2 Å². The normalized spacial score (nSPS) is 11.4. The second-order valence-corrected chi connectivity index (χ2v) is 8.73. The largest absolute Gasteiger partial charge is 0.507 e. The minimum absolute atomic E-state index is 0.0923. The Labute approximate surface area is 209 Å². The number of para-hydroxylation sites is 2. The van der Waals surface area contributed by atoms with Gasteiger partial charge in [0.25, 0.3) is 0 Å². The lowest BCUT2D eigenvalue weighted by Gasteiger charge is -2.18. The first kappa shape index (κ1) is 21.6. The van der Waals surface area contributed by atoms with Crippen LogP contribution in [-0.2, 0) is 0 Å². The molecule has 0 saturated carbocycles. The fourth-order valence-electron chi connectivity index (χ4n) is 4.82. The molecule has 0 aromatic heterocycles. The Bertz CT molecular complexity index is 1750. The number of aromatic hydroxyl groups is 2. The molecule has 3 heteroatoms. The third-order valence-corrected chi connectivity index (χ3v) is 6.54. The van der Waals surface area contributed by atoms with Gasteiger partial charge in [0.15, 0.2) is 0 Å². The first-order chi connectivity index (χ1) is 17.7. The minimum atomic E-state index is 0.0923. The van der Waals surface area contributed by atoms with Gasteiger partial charge in [0.1, 0.15) is 17.2 Å². The van der Waals surface area contributed by atoms with E-state index in [4.69, 9.17) is 0 Å². The molecule has 0 bridgehead atoms. The van der Waals surface area contributed by atoms with Crippen LogP contribution in [0, 0.1) is 0 Å². The second-order valence-electron chi connectivity index (χ2n) is 8.73. The summed E-state index contributed by atoms with van der Waals surface area (Å²) in [5.41, 5.74) is 4.90. The molecular formula is C33H23NO2. The molecule has 6 aromatic carbocycles. The van der Waals surface area contributed by atoms with E-state index in [9.17, 15) is 10.2 Å². The molecule has 0 unspecified atom stereocenters. The van der Waals surface area contributed by atoms with Gasteiger partial charge in [0, 0.05) is 22.9 Å². The molecular weight excluding hydrogens is 442 g/mol. The van der Waals surface area contributed by atoms with Crippen molar-refractivity contribution >= 4 is 33.4 Å². The van der Waals surface area contributed by atoms with Gasteiger partial charge in [-0.05, 0) is 50.9 Å². The molecule has 0 spiro atoms. The number of rotatable bonds is 4. The predicted octanol–water partition coefficient (Wildman–Crippen LogP) is 8.49. The highest BCUT2D eigenvalue weighted by Gasteiger charge is 2.20. The van der Waals surface area contributed by atoms with Crippen LogP contribution in [-0.4, -0.2) is 16.4 Å². The van der Waals surface area contributed by atoms with Crippen molar-refractivity contribution < 1.29 is 10.2 Å². The second kappa shape index (κ2) is 9.05. The first-order valence-electron chi connectivity index (χ1n) is 11.8. The fraction of sp³-hybridized carbons (Fsp3) is 0. The van der Waals surface area contributed by atoms with E-state index in [-0.39, 0.29) is 11.5 Å². The van der Waals surface area contributed by atoms with Gasteiger partial charge in [0.05, 0.1) is 0 Å². The highest BCUT2D eigenvalue weighted by Crippen LogP contribution is 2.46. The fourth-order valence-corrected chi connectivity index (χ4v) is 4.82. The number of hydrogen-bond donors (Lipinski definition) is 2. The number of aliphatic imine (C=N–C) groups is 1. The van der Waals surface area contributed by atoms with E-state index in [1.54, 1.807) is 24.4 Å². The Morgan fingerprint density at radius 2 is 1.19 bits per heavy atom. The van der Waals surface area contributed by atoms with Crippen LogP contribution < -0.4 is 0 Å². The maximum Gasteiger partial charge on any atom is 0.141 e. The van der Waals surface area contributed by atoms with E-state index in [1.165, 1.54) is 0 Å². The van der Waals surface area contributed by atoms with E-state index >= 15 is 0 Å². The Hall–Kier alpha value is -4.89. The summed E-state index contributed by atoms with van der Waals surface area (Å²) in [4.78, 5) is 4.49. The molecule has 36 heavy (non-hydrogen) atoms. The molecule has 0 atom stereocenters. The maximum atomic E-state index is 11.8. The van der Waals surface area contributed by atoms with E-state index in [0.29, 0.717) is 11.3 Å². The summed E-state index contributed by atoms with van der Waals surface area (Å²) in [7, 11) is 0. The summed E-state index contributed by atoms with van der Waals surface area (Å²) < 4.78 is 0. The molecule has 0 amide bonds. The summed E-state index contributed by atoms with van der Waals surface area (Å²) in [6.07, 6.45) is 1.62. The van der Waals surface area contributed by atoms with Gasteiger partial charge in [-0.1, -0.05) is 103 Å². The third kappa shape index (κ3) is 3.77. The highest BCUT2D eigenvalue weighted by molar-refractivity contribution is 6.14. The highest BCUT2D eigenvalue weighted by atomic mass is 16.3.